The highest BCUT2D eigenvalue weighted by atomic mass is 16.5. The van der Waals surface area contributed by atoms with Crippen LogP contribution in [0, 0.1) is 0 Å². The van der Waals surface area contributed by atoms with Crippen molar-refractivity contribution in [3.05, 3.63) is 48.0 Å². The quantitative estimate of drug-likeness (QED) is 0.838. The number of ether oxygens (including phenoxy) is 3. The molecule has 0 aliphatic heterocycles. The molecule has 1 N–H and O–H groups in total. The molecule has 0 bridgehead atoms. The molecule has 2 aromatic carbocycles. The number of anilines is 1. The smallest absolute Gasteiger partial charge is 0.224 e. The van der Waals surface area contributed by atoms with Crippen LogP contribution in [0.3, 0.4) is 0 Å². The molecule has 2 rings (SSSR count). The predicted molar refractivity (Wildman–Crippen MR) is 94.2 cm³/mol. The van der Waals surface area contributed by atoms with Gasteiger partial charge in [-0.15, -0.1) is 0 Å². The average Bonchev–Trinajstić information content (AvgIpc) is 2.61. The maximum atomic E-state index is 12.3. The zero-order chi connectivity index (χ0) is 17.5. The zero-order valence-electron chi connectivity index (χ0n) is 14.5. The van der Waals surface area contributed by atoms with Gasteiger partial charge in [-0.1, -0.05) is 37.3 Å². The Kier molecular flexibility index (Phi) is 6.07. The topological polar surface area (TPSA) is 56.8 Å². The van der Waals surface area contributed by atoms with Crippen molar-refractivity contribution in [1.82, 2.24) is 0 Å². The molecule has 0 saturated carbocycles. The summed E-state index contributed by atoms with van der Waals surface area (Å²) in [5, 5.41) is 2.89. The van der Waals surface area contributed by atoms with Gasteiger partial charge in [0, 0.05) is 24.2 Å². The third-order valence-corrected chi connectivity index (χ3v) is 3.81. The molecular weight excluding hydrogens is 306 g/mol. The van der Waals surface area contributed by atoms with Crippen LogP contribution in [-0.4, -0.2) is 27.2 Å². The first-order valence-electron chi connectivity index (χ1n) is 7.73. The Morgan fingerprint density at radius 3 is 2.08 bits per heavy atom. The minimum Gasteiger partial charge on any atom is -0.493 e. The Hall–Kier alpha value is -2.69. The van der Waals surface area contributed by atoms with Gasteiger partial charge < -0.3 is 19.5 Å². The number of amides is 1. The van der Waals surface area contributed by atoms with Crippen LogP contribution in [0.1, 0.15) is 24.8 Å². The number of rotatable bonds is 7. The molecule has 0 saturated heterocycles. The standard InChI is InChI=1S/C19H23NO4/c1-13(14-8-6-5-7-9-14)10-18(21)20-15-11-16(22-2)19(24-4)17(12-15)23-3/h5-9,11-13H,10H2,1-4H3,(H,20,21). The second-order valence-electron chi connectivity index (χ2n) is 5.48. The minimum atomic E-state index is -0.0689. The molecular formula is C19H23NO4. The summed E-state index contributed by atoms with van der Waals surface area (Å²) in [7, 11) is 4.63. The minimum absolute atomic E-state index is 0.0689. The van der Waals surface area contributed by atoms with Crippen molar-refractivity contribution in [2.75, 3.05) is 26.6 Å². The molecule has 24 heavy (non-hydrogen) atoms. The lowest BCUT2D eigenvalue weighted by Gasteiger charge is -2.16. The fourth-order valence-corrected chi connectivity index (χ4v) is 2.54. The molecule has 0 fully saturated rings. The van der Waals surface area contributed by atoms with Crippen molar-refractivity contribution in [3.63, 3.8) is 0 Å². The van der Waals surface area contributed by atoms with Gasteiger partial charge in [0.1, 0.15) is 0 Å². The Balaban J connectivity index is 2.11. The highest BCUT2D eigenvalue weighted by molar-refractivity contribution is 5.92. The molecule has 0 aliphatic carbocycles. The largest absolute Gasteiger partial charge is 0.493 e. The van der Waals surface area contributed by atoms with Crippen LogP contribution >= 0.6 is 0 Å². The summed E-state index contributed by atoms with van der Waals surface area (Å²) >= 11 is 0. The predicted octanol–water partition coefficient (Wildman–Crippen LogP) is 3.84. The molecule has 0 aromatic heterocycles. The van der Waals surface area contributed by atoms with E-state index in [9.17, 15) is 4.79 Å². The van der Waals surface area contributed by atoms with E-state index in [-0.39, 0.29) is 11.8 Å². The monoisotopic (exact) mass is 329 g/mol. The maximum Gasteiger partial charge on any atom is 0.224 e. The maximum absolute atomic E-state index is 12.3. The molecule has 0 spiro atoms. The Morgan fingerprint density at radius 1 is 1.00 bits per heavy atom. The molecule has 0 heterocycles. The first-order valence-corrected chi connectivity index (χ1v) is 7.73. The number of carbonyl (C=O) groups excluding carboxylic acids is 1. The fourth-order valence-electron chi connectivity index (χ4n) is 2.54. The van der Waals surface area contributed by atoms with Crippen LogP contribution in [0.15, 0.2) is 42.5 Å². The highest BCUT2D eigenvalue weighted by Gasteiger charge is 2.16. The van der Waals surface area contributed by atoms with Gasteiger partial charge in [-0.05, 0) is 11.5 Å². The van der Waals surface area contributed by atoms with Gasteiger partial charge in [-0.3, -0.25) is 4.79 Å². The third-order valence-electron chi connectivity index (χ3n) is 3.81. The Labute approximate surface area is 142 Å². The second-order valence-corrected chi connectivity index (χ2v) is 5.48. The summed E-state index contributed by atoms with van der Waals surface area (Å²) in [6.07, 6.45) is 0.390. The molecule has 0 radical (unpaired) electrons. The van der Waals surface area contributed by atoms with Gasteiger partial charge in [-0.25, -0.2) is 0 Å². The van der Waals surface area contributed by atoms with E-state index in [1.54, 1.807) is 33.5 Å². The van der Waals surface area contributed by atoms with Crippen LogP contribution in [0.4, 0.5) is 5.69 Å². The van der Waals surface area contributed by atoms with E-state index in [2.05, 4.69) is 5.32 Å². The van der Waals surface area contributed by atoms with Crippen LogP contribution in [0.2, 0.25) is 0 Å². The lowest BCUT2D eigenvalue weighted by atomic mass is 9.97. The van der Waals surface area contributed by atoms with E-state index < -0.39 is 0 Å². The molecule has 1 unspecified atom stereocenters. The van der Waals surface area contributed by atoms with Crippen molar-refractivity contribution < 1.29 is 19.0 Å². The number of hydrogen-bond donors (Lipinski definition) is 1. The van der Waals surface area contributed by atoms with Gasteiger partial charge >= 0.3 is 0 Å². The van der Waals surface area contributed by atoms with E-state index >= 15 is 0 Å². The lowest BCUT2D eigenvalue weighted by Crippen LogP contribution is -2.14. The summed E-state index contributed by atoms with van der Waals surface area (Å²) in [4.78, 5) is 12.3. The number of methoxy groups -OCH3 is 3. The first kappa shape index (κ1) is 17.7. The number of nitrogens with one attached hydrogen (secondary N) is 1. The van der Waals surface area contributed by atoms with E-state index in [1.165, 1.54) is 0 Å². The Morgan fingerprint density at radius 2 is 1.58 bits per heavy atom. The van der Waals surface area contributed by atoms with Crippen molar-refractivity contribution in [2.24, 2.45) is 0 Å². The van der Waals surface area contributed by atoms with Crippen LogP contribution < -0.4 is 19.5 Å². The number of carbonyl (C=O) groups is 1. The van der Waals surface area contributed by atoms with E-state index in [0.29, 0.717) is 29.4 Å². The normalized spacial score (nSPS) is 11.5. The van der Waals surface area contributed by atoms with Gasteiger partial charge in [-0.2, -0.15) is 0 Å². The molecule has 5 heteroatoms. The van der Waals surface area contributed by atoms with Gasteiger partial charge in [0.15, 0.2) is 11.5 Å². The van der Waals surface area contributed by atoms with Crippen LogP contribution in [0.5, 0.6) is 17.2 Å². The summed E-state index contributed by atoms with van der Waals surface area (Å²) in [6.45, 7) is 2.03. The molecule has 128 valence electrons. The zero-order valence-corrected chi connectivity index (χ0v) is 14.5. The second kappa shape index (κ2) is 8.24. The van der Waals surface area contributed by atoms with E-state index in [1.807, 2.05) is 37.3 Å². The van der Waals surface area contributed by atoms with Crippen LogP contribution in [-0.2, 0) is 4.79 Å². The molecule has 2 aromatic rings. The van der Waals surface area contributed by atoms with Gasteiger partial charge in [0.2, 0.25) is 11.7 Å². The molecule has 5 nitrogen and oxygen atoms in total. The highest BCUT2D eigenvalue weighted by Crippen LogP contribution is 2.40. The fraction of sp³-hybridized carbons (Fsp3) is 0.316. The van der Waals surface area contributed by atoms with Crippen molar-refractivity contribution in [3.8, 4) is 17.2 Å². The molecule has 0 aliphatic rings. The summed E-state index contributed by atoms with van der Waals surface area (Å²) in [5.41, 5.74) is 1.74. The van der Waals surface area contributed by atoms with Gasteiger partial charge in [0.05, 0.1) is 21.3 Å². The SMILES string of the molecule is COc1cc(NC(=O)CC(C)c2ccccc2)cc(OC)c1OC. The van der Waals surface area contributed by atoms with Crippen LogP contribution in [0.25, 0.3) is 0 Å². The molecule has 1 amide bonds. The number of benzene rings is 2. The van der Waals surface area contributed by atoms with Crippen molar-refractivity contribution in [2.45, 2.75) is 19.3 Å². The lowest BCUT2D eigenvalue weighted by molar-refractivity contribution is -0.116. The van der Waals surface area contributed by atoms with Crippen molar-refractivity contribution in [1.29, 1.82) is 0 Å². The third kappa shape index (κ3) is 4.19. The average molecular weight is 329 g/mol. The van der Waals surface area contributed by atoms with Crippen molar-refractivity contribution >= 4 is 11.6 Å². The Bertz CT molecular complexity index is 660. The number of hydrogen-bond acceptors (Lipinski definition) is 4. The first-order chi connectivity index (χ1) is 11.6. The summed E-state index contributed by atoms with van der Waals surface area (Å²) < 4.78 is 15.9. The van der Waals surface area contributed by atoms with E-state index in [0.717, 1.165) is 5.56 Å². The van der Waals surface area contributed by atoms with E-state index in [4.69, 9.17) is 14.2 Å². The summed E-state index contributed by atoms with van der Waals surface area (Å²) in [6, 6.07) is 13.4. The van der Waals surface area contributed by atoms with Gasteiger partial charge in [0.25, 0.3) is 0 Å². The summed E-state index contributed by atoms with van der Waals surface area (Å²) in [5.74, 6) is 1.57. The molecule has 1 atom stereocenters.